The first-order valence-electron chi connectivity index (χ1n) is 7.46. The molecule has 1 N–H and O–H groups in total. The van der Waals surface area contributed by atoms with Crippen LogP contribution >= 0.6 is 11.3 Å². The van der Waals surface area contributed by atoms with Gasteiger partial charge in [0.15, 0.2) is 0 Å². The van der Waals surface area contributed by atoms with E-state index in [1.54, 1.807) is 18.4 Å². The first-order valence-corrected chi connectivity index (χ1v) is 8.27. The summed E-state index contributed by atoms with van der Waals surface area (Å²) in [6, 6.07) is 8.51. The van der Waals surface area contributed by atoms with Gasteiger partial charge in [-0.1, -0.05) is 31.2 Å². The number of nitrogens with one attached hydrogen (secondary N) is 1. The molecule has 0 saturated heterocycles. The molecule has 3 nitrogen and oxygen atoms in total. The van der Waals surface area contributed by atoms with Crippen molar-refractivity contribution < 1.29 is 4.74 Å². The highest BCUT2D eigenvalue weighted by molar-refractivity contribution is 7.11. The third-order valence-corrected chi connectivity index (χ3v) is 4.52. The van der Waals surface area contributed by atoms with Gasteiger partial charge in [0.05, 0.1) is 17.3 Å². The average Bonchev–Trinajstić information content (AvgIpc) is 2.84. The van der Waals surface area contributed by atoms with Gasteiger partial charge < -0.3 is 10.1 Å². The Kier molecular flexibility index (Phi) is 6.36. The number of rotatable bonds is 8. The molecule has 0 radical (unpaired) electrons. The van der Waals surface area contributed by atoms with Crippen LogP contribution in [0.25, 0.3) is 0 Å². The average molecular weight is 304 g/mol. The molecule has 21 heavy (non-hydrogen) atoms. The summed E-state index contributed by atoms with van der Waals surface area (Å²) in [6.07, 6.45) is 2.05. The number of aromatic nitrogens is 1. The van der Waals surface area contributed by atoms with E-state index in [2.05, 4.69) is 43.4 Å². The minimum Gasteiger partial charge on any atom is -0.378 e. The molecule has 0 atom stereocenters. The molecule has 4 heteroatoms. The van der Waals surface area contributed by atoms with Gasteiger partial charge in [-0.2, -0.15) is 0 Å². The number of hydrogen-bond donors (Lipinski definition) is 1. The number of ether oxygens (including phenoxy) is 1. The van der Waals surface area contributed by atoms with Crippen molar-refractivity contribution in [3.63, 3.8) is 0 Å². The van der Waals surface area contributed by atoms with Gasteiger partial charge >= 0.3 is 0 Å². The van der Waals surface area contributed by atoms with E-state index in [4.69, 9.17) is 9.72 Å². The Bertz CT molecular complexity index is 566. The van der Waals surface area contributed by atoms with E-state index in [0.717, 1.165) is 31.6 Å². The van der Waals surface area contributed by atoms with Gasteiger partial charge in [-0.3, -0.25) is 0 Å². The molecule has 0 bridgehead atoms. The Balaban J connectivity index is 2.12. The van der Waals surface area contributed by atoms with Crippen molar-refractivity contribution in [2.45, 2.75) is 39.8 Å². The molecule has 114 valence electrons. The molecular weight excluding hydrogens is 280 g/mol. The van der Waals surface area contributed by atoms with Crippen LogP contribution in [0, 0.1) is 6.92 Å². The first-order chi connectivity index (χ1) is 10.2. The van der Waals surface area contributed by atoms with Gasteiger partial charge in [-0.05, 0) is 31.0 Å². The van der Waals surface area contributed by atoms with Crippen molar-refractivity contribution in [3.05, 3.63) is 51.0 Å². The number of thiazole rings is 1. The Labute approximate surface area is 131 Å². The quantitative estimate of drug-likeness (QED) is 0.755. The normalized spacial score (nSPS) is 11.0. The molecular formula is C17H24N2OS. The molecule has 1 aromatic carbocycles. The number of hydrogen-bond acceptors (Lipinski definition) is 4. The predicted octanol–water partition coefficient (Wildman–Crippen LogP) is 3.69. The standard InChI is InChI=1S/C17H24N2OS/c1-4-9-18-11-16-15(12-20-3)19-17(21-16)10-14-8-6-5-7-13(14)2/h5-8,18H,4,9-12H2,1-3H3. The van der Waals surface area contributed by atoms with E-state index in [0.29, 0.717) is 6.61 Å². The van der Waals surface area contributed by atoms with E-state index >= 15 is 0 Å². The second-order valence-electron chi connectivity index (χ2n) is 5.19. The van der Waals surface area contributed by atoms with Gasteiger partial charge in [0.1, 0.15) is 0 Å². The molecule has 1 aromatic heterocycles. The maximum Gasteiger partial charge on any atom is 0.0976 e. The lowest BCUT2D eigenvalue weighted by atomic mass is 10.1. The maximum absolute atomic E-state index is 5.28. The molecule has 1 heterocycles. The molecule has 2 rings (SSSR count). The molecule has 2 aromatic rings. The molecule has 0 aliphatic rings. The lowest BCUT2D eigenvalue weighted by molar-refractivity contribution is 0.181. The lowest BCUT2D eigenvalue weighted by Crippen LogP contribution is -2.14. The number of nitrogens with zero attached hydrogens (tertiary/aromatic N) is 1. The summed E-state index contributed by atoms with van der Waals surface area (Å²) in [5, 5.41) is 4.62. The van der Waals surface area contributed by atoms with Crippen LogP contribution in [0.5, 0.6) is 0 Å². The highest BCUT2D eigenvalue weighted by atomic mass is 32.1. The van der Waals surface area contributed by atoms with Crippen LogP contribution in [0.3, 0.4) is 0 Å². The SMILES string of the molecule is CCCNCc1sc(Cc2ccccc2C)nc1COC. The Hall–Kier alpha value is -1.23. The molecule has 0 saturated carbocycles. The van der Waals surface area contributed by atoms with Crippen molar-refractivity contribution in [2.75, 3.05) is 13.7 Å². The summed E-state index contributed by atoms with van der Waals surface area (Å²) in [5.41, 5.74) is 3.75. The van der Waals surface area contributed by atoms with Crippen molar-refractivity contribution in [1.82, 2.24) is 10.3 Å². The highest BCUT2D eigenvalue weighted by Crippen LogP contribution is 2.23. The Morgan fingerprint density at radius 2 is 2.10 bits per heavy atom. The molecule has 0 aliphatic carbocycles. The van der Waals surface area contributed by atoms with Crippen molar-refractivity contribution in [2.24, 2.45) is 0 Å². The largest absolute Gasteiger partial charge is 0.378 e. The number of methoxy groups -OCH3 is 1. The van der Waals surface area contributed by atoms with Gasteiger partial charge in [0.2, 0.25) is 0 Å². The van der Waals surface area contributed by atoms with Crippen molar-refractivity contribution in [3.8, 4) is 0 Å². The second kappa shape index (κ2) is 8.27. The summed E-state index contributed by atoms with van der Waals surface area (Å²) in [5.74, 6) is 0. The van der Waals surface area contributed by atoms with Gasteiger partial charge in [-0.25, -0.2) is 4.98 Å². The number of benzene rings is 1. The van der Waals surface area contributed by atoms with E-state index in [9.17, 15) is 0 Å². The molecule has 0 fully saturated rings. The second-order valence-corrected chi connectivity index (χ2v) is 6.36. The van der Waals surface area contributed by atoms with E-state index < -0.39 is 0 Å². The van der Waals surface area contributed by atoms with Crippen molar-refractivity contribution in [1.29, 1.82) is 0 Å². The summed E-state index contributed by atoms with van der Waals surface area (Å²) < 4.78 is 5.28. The van der Waals surface area contributed by atoms with Crippen LogP contribution in [0.1, 0.15) is 40.1 Å². The summed E-state index contributed by atoms with van der Waals surface area (Å²) in [7, 11) is 1.73. The van der Waals surface area contributed by atoms with Crippen molar-refractivity contribution >= 4 is 11.3 Å². The van der Waals surface area contributed by atoms with Crippen LogP contribution in [-0.4, -0.2) is 18.6 Å². The van der Waals surface area contributed by atoms with E-state index in [1.165, 1.54) is 21.0 Å². The van der Waals surface area contributed by atoms with E-state index in [1.807, 2.05) is 0 Å². The Morgan fingerprint density at radius 3 is 2.81 bits per heavy atom. The zero-order valence-corrected chi connectivity index (χ0v) is 13.9. The summed E-state index contributed by atoms with van der Waals surface area (Å²) in [4.78, 5) is 6.07. The van der Waals surface area contributed by atoms with Crippen LogP contribution in [0.15, 0.2) is 24.3 Å². The fraction of sp³-hybridized carbons (Fsp3) is 0.471. The van der Waals surface area contributed by atoms with E-state index in [-0.39, 0.29) is 0 Å². The minimum absolute atomic E-state index is 0.591. The summed E-state index contributed by atoms with van der Waals surface area (Å²) in [6.45, 7) is 6.85. The third-order valence-electron chi connectivity index (χ3n) is 3.42. The van der Waals surface area contributed by atoms with Gasteiger partial charge in [-0.15, -0.1) is 11.3 Å². The minimum atomic E-state index is 0.591. The lowest BCUT2D eigenvalue weighted by Gasteiger charge is -2.02. The van der Waals surface area contributed by atoms with Crippen LogP contribution < -0.4 is 5.32 Å². The topological polar surface area (TPSA) is 34.2 Å². The fourth-order valence-corrected chi connectivity index (χ4v) is 3.31. The zero-order valence-electron chi connectivity index (χ0n) is 13.1. The van der Waals surface area contributed by atoms with Crippen LogP contribution in [0.2, 0.25) is 0 Å². The molecule has 0 unspecified atom stereocenters. The van der Waals surface area contributed by atoms with Gasteiger partial charge in [0, 0.05) is 25.0 Å². The highest BCUT2D eigenvalue weighted by Gasteiger charge is 2.12. The molecule has 0 amide bonds. The molecule has 0 spiro atoms. The third kappa shape index (κ3) is 4.63. The number of aryl methyl sites for hydroxylation is 1. The first kappa shape index (κ1) is 16.1. The smallest absolute Gasteiger partial charge is 0.0976 e. The van der Waals surface area contributed by atoms with Crippen LogP contribution in [-0.2, 0) is 24.3 Å². The Morgan fingerprint density at radius 1 is 1.29 bits per heavy atom. The monoisotopic (exact) mass is 304 g/mol. The fourth-order valence-electron chi connectivity index (χ4n) is 2.25. The van der Waals surface area contributed by atoms with Gasteiger partial charge in [0.25, 0.3) is 0 Å². The maximum atomic E-state index is 5.28. The predicted molar refractivity (Wildman–Crippen MR) is 88.8 cm³/mol. The van der Waals surface area contributed by atoms with Crippen LogP contribution in [0.4, 0.5) is 0 Å². The molecule has 0 aliphatic heterocycles. The summed E-state index contributed by atoms with van der Waals surface area (Å²) >= 11 is 1.80. The zero-order chi connectivity index (χ0) is 15.1.